The number of hydrogen-bond acceptors (Lipinski definition) is 4. The number of amides is 3. The monoisotopic (exact) mass is 427 g/mol. The fraction of sp³-hybridized carbons (Fsp3) is 0.870. The first-order valence-electron chi connectivity index (χ1n) is 11.8. The van der Waals surface area contributed by atoms with Crippen molar-refractivity contribution in [3.63, 3.8) is 0 Å². The summed E-state index contributed by atoms with van der Waals surface area (Å²) in [4.78, 5) is 36.8. The molecule has 2 atom stereocenters. The zero-order valence-electron chi connectivity index (χ0n) is 19.5. The van der Waals surface area contributed by atoms with Gasteiger partial charge in [0.15, 0.2) is 0 Å². The number of carbonyl (C=O) groups is 3. The van der Waals surface area contributed by atoms with Crippen LogP contribution in [0.2, 0.25) is 0 Å². The number of aliphatic hydroxyl groups is 1. The number of nitrogens with two attached hydrogens (primary N) is 1. The molecule has 3 amide bonds. The first-order chi connectivity index (χ1) is 14.3. The molecular weight excluding hydrogens is 382 g/mol. The number of primary amides is 1. The van der Waals surface area contributed by atoms with Gasteiger partial charge in [-0.25, -0.2) is 0 Å². The van der Waals surface area contributed by atoms with E-state index in [0.29, 0.717) is 6.42 Å². The van der Waals surface area contributed by atoms with Gasteiger partial charge >= 0.3 is 0 Å². The van der Waals surface area contributed by atoms with Crippen LogP contribution in [0.25, 0.3) is 0 Å². The van der Waals surface area contributed by atoms with Gasteiger partial charge in [0.25, 0.3) is 0 Å². The summed E-state index contributed by atoms with van der Waals surface area (Å²) in [6, 6.07) is -1.86. The SMILES string of the molecule is CCCCCCCCCCCCCCCC(=O)N(C)[C@H](CO)C(=O)N[C@H](C)C(N)=O. The Labute approximate surface area is 183 Å². The number of hydrogen-bond donors (Lipinski definition) is 3. The molecule has 4 N–H and O–H groups in total. The predicted octanol–water partition coefficient (Wildman–Crippen LogP) is 3.28. The molecule has 0 heterocycles. The number of carbonyl (C=O) groups excluding carboxylic acids is 3. The zero-order chi connectivity index (χ0) is 22.8. The van der Waals surface area contributed by atoms with E-state index in [-0.39, 0.29) is 5.91 Å². The van der Waals surface area contributed by atoms with E-state index in [4.69, 9.17) is 5.73 Å². The number of rotatable bonds is 19. The smallest absolute Gasteiger partial charge is 0.245 e. The summed E-state index contributed by atoms with van der Waals surface area (Å²) in [5.41, 5.74) is 5.13. The Morgan fingerprint density at radius 2 is 1.30 bits per heavy atom. The molecular formula is C23H45N3O4. The van der Waals surface area contributed by atoms with Gasteiger partial charge in [0.05, 0.1) is 6.61 Å². The Balaban J connectivity index is 3.84. The van der Waals surface area contributed by atoms with Gasteiger partial charge in [-0.2, -0.15) is 0 Å². The third-order valence-corrected chi connectivity index (χ3v) is 5.62. The van der Waals surface area contributed by atoms with Crippen LogP contribution in [0.15, 0.2) is 0 Å². The molecule has 0 radical (unpaired) electrons. The maximum absolute atomic E-state index is 12.3. The third kappa shape index (κ3) is 13.6. The van der Waals surface area contributed by atoms with E-state index < -0.39 is 30.5 Å². The summed E-state index contributed by atoms with van der Waals surface area (Å²) in [5, 5.41) is 11.9. The Hall–Kier alpha value is -1.63. The highest BCUT2D eigenvalue weighted by atomic mass is 16.3. The molecule has 0 aromatic carbocycles. The van der Waals surface area contributed by atoms with E-state index in [2.05, 4.69) is 12.2 Å². The standard InChI is InChI=1S/C23H45N3O4/c1-4-5-6-7-8-9-10-11-12-13-14-15-16-17-21(28)26(3)20(18-27)23(30)25-19(2)22(24)29/h19-20,27H,4-18H2,1-3H3,(H2,24,29)(H,25,30)/t19-,20-/m1/s1. The molecule has 0 unspecified atom stereocenters. The van der Waals surface area contributed by atoms with Gasteiger partial charge in [0, 0.05) is 13.5 Å². The lowest BCUT2D eigenvalue weighted by molar-refractivity contribution is -0.141. The van der Waals surface area contributed by atoms with Crippen molar-refractivity contribution in [2.24, 2.45) is 5.73 Å². The minimum absolute atomic E-state index is 0.181. The van der Waals surface area contributed by atoms with Crippen molar-refractivity contribution in [3.05, 3.63) is 0 Å². The van der Waals surface area contributed by atoms with Gasteiger partial charge in [-0.05, 0) is 13.3 Å². The quantitative estimate of drug-likeness (QED) is 0.275. The molecule has 0 saturated heterocycles. The summed E-state index contributed by atoms with van der Waals surface area (Å²) in [6.45, 7) is 3.20. The Kier molecular flexibility index (Phi) is 17.2. The number of nitrogens with zero attached hydrogens (tertiary/aromatic N) is 1. The van der Waals surface area contributed by atoms with Gasteiger partial charge < -0.3 is 21.1 Å². The van der Waals surface area contributed by atoms with Crippen LogP contribution in [0.5, 0.6) is 0 Å². The second-order valence-electron chi connectivity index (χ2n) is 8.33. The fourth-order valence-corrected chi connectivity index (χ4v) is 3.41. The number of likely N-dealkylation sites (N-methyl/N-ethyl adjacent to an activating group) is 1. The van der Waals surface area contributed by atoms with E-state index >= 15 is 0 Å². The molecule has 0 saturated carbocycles. The van der Waals surface area contributed by atoms with Gasteiger partial charge in [-0.15, -0.1) is 0 Å². The highest BCUT2D eigenvalue weighted by Gasteiger charge is 2.27. The largest absolute Gasteiger partial charge is 0.394 e. The van der Waals surface area contributed by atoms with Crippen LogP contribution < -0.4 is 11.1 Å². The highest BCUT2D eigenvalue weighted by Crippen LogP contribution is 2.13. The maximum atomic E-state index is 12.3. The number of unbranched alkanes of at least 4 members (excludes halogenated alkanes) is 12. The molecule has 0 rings (SSSR count). The first-order valence-corrected chi connectivity index (χ1v) is 11.8. The van der Waals surface area contributed by atoms with Crippen LogP contribution in [-0.4, -0.2) is 53.5 Å². The summed E-state index contributed by atoms with van der Waals surface area (Å²) >= 11 is 0. The van der Waals surface area contributed by atoms with Gasteiger partial charge in [-0.3, -0.25) is 14.4 Å². The predicted molar refractivity (Wildman–Crippen MR) is 121 cm³/mol. The van der Waals surface area contributed by atoms with Crippen molar-refractivity contribution >= 4 is 17.7 Å². The Bertz CT molecular complexity index is 485. The lowest BCUT2D eigenvalue weighted by atomic mass is 10.0. The Morgan fingerprint density at radius 1 is 0.867 bits per heavy atom. The van der Waals surface area contributed by atoms with Crippen LogP contribution in [0.3, 0.4) is 0 Å². The lowest BCUT2D eigenvalue weighted by Gasteiger charge is -2.26. The van der Waals surface area contributed by atoms with Crippen LogP contribution >= 0.6 is 0 Å². The summed E-state index contributed by atoms with van der Waals surface area (Å²) in [6.07, 6.45) is 16.4. The minimum Gasteiger partial charge on any atom is -0.394 e. The molecule has 176 valence electrons. The molecule has 0 aliphatic heterocycles. The third-order valence-electron chi connectivity index (χ3n) is 5.62. The van der Waals surface area contributed by atoms with Crippen LogP contribution in [0, 0.1) is 0 Å². The molecule has 0 spiro atoms. The lowest BCUT2D eigenvalue weighted by Crippen LogP contribution is -2.53. The molecule has 0 aliphatic rings. The molecule has 0 aromatic rings. The maximum Gasteiger partial charge on any atom is 0.245 e. The Morgan fingerprint density at radius 3 is 1.70 bits per heavy atom. The topological polar surface area (TPSA) is 113 Å². The molecule has 0 bridgehead atoms. The fourth-order valence-electron chi connectivity index (χ4n) is 3.41. The van der Waals surface area contributed by atoms with Crippen molar-refractivity contribution in [3.8, 4) is 0 Å². The minimum atomic E-state index is -1.01. The van der Waals surface area contributed by atoms with Crippen LogP contribution in [0.1, 0.15) is 104 Å². The summed E-state index contributed by atoms with van der Waals surface area (Å²) in [5.74, 6) is -1.43. The molecule has 7 nitrogen and oxygen atoms in total. The second-order valence-corrected chi connectivity index (χ2v) is 8.33. The van der Waals surface area contributed by atoms with E-state index in [1.165, 1.54) is 83.1 Å². The van der Waals surface area contributed by atoms with E-state index in [0.717, 1.165) is 19.3 Å². The van der Waals surface area contributed by atoms with Crippen molar-refractivity contribution in [1.29, 1.82) is 0 Å². The first kappa shape index (κ1) is 28.4. The molecule has 30 heavy (non-hydrogen) atoms. The molecule has 0 fully saturated rings. The van der Waals surface area contributed by atoms with E-state index in [9.17, 15) is 19.5 Å². The number of aliphatic hydroxyl groups excluding tert-OH is 1. The van der Waals surface area contributed by atoms with Gasteiger partial charge in [0.1, 0.15) is 12.1 Å². The number of nitrogens with one attached hydrogen (secondary N) is 1. The summed E-state index contributed by atoms with van der Waals surface area (Å²) < 4.78 is 0. The average Bonchev–Trinajstić information content (AvgIpc) is 2.71. The normalized spacial score (nSPS) is 12.9. The van der Waals surface area contributed by atoms with Crippen molar-refractivity contribution in [1.82, 2.24) is 10.2 Å². The average molecular weight is 428 g/mol. The van der Waals surface area contributed by atoms with Crippen molar-refractivity contribution < 1.29 is 19.5 Å². The highest BCUT2D eigenvalue weighted by molar-refractivity contribution is 5.91. The van der Waals surface area contributed by atoms with Gasteiger partial charge in [0.2, 0.25) is 17.7 Å². The zero-order valence-corrected chi connectivity index (χ0v) is 19.5. The van der Waals surface area contributed by atoms with Crippen molar-refractivity contribution in [2.45, 2.75) is 116 Å². The molecule has 7 heteroatoms. The van der Waals surface area contributed by atoms with Crippen LogP contribution in [-0.2, 0) is 14.4 Å². The molecule has 0 aliphatic carbocycles. The summed E-state index contributed by atoms with van der Waals surface area (Å²) in [7, 11) is 1.50. The van der Waals surface area contributed by atoms with Crippen LogP contribution in [0.4, 0.5) is 0 Å². The second kappa shape index (κ2) is 18.2. The van der Waals surface area contributed by atoms with Crippen molar-refractivity contribution in [2.75, 3.05) is 13.7 Å². The van der Waals surface area contributed by atoms with E-state index in [1.807, 2.05) is 0 Å². The molecule has 0 aromatic heterocycles. The van der Waals surface area contributed by atoms with E-state index in [1.54, 1.807) is 0 Å². The van der Waals surface area contributed by atoms with Gasteiger partial charge in [-0.1, -0.05) is 84.0 Å².